The number of hydrogen-bond acceptors (Lipinski definition) is 2. The number of rotatable bonds is 1. The van der Waals surface area contributed by atoms with Gasteiger partial charge in [0.25, 0.3) is 0 Å². The highest BCUT2D eigenvalue weighted by Gasteiger charge is 2.32. The first-order chi connectivity index (χ1) is 7.99. The molecule has 1 aliphatic heterocycles. The molecule has 0 bridgehead atoms. The summed E-state index contributed by atoms with van der Waals surface area (Å²) >= 11 is 5.55. The molecule has 0 aromatic heterocycles. The van der Waals surface area contributed by atoms with Gasteiger partial charge in [0.05, 0.1) is 0 Å². The summed E-state index contributed by atoms with van der Waals surface area (Å²) in [5, 5.41) is 4.51. The molecule has 2 aliphatic rings. The van der Waals surface area contributed by atoms with Gasteiger partial charge < -0.3 is 10.2 Å². The molecule has 2 fully saturated rings. The van der Waals surface area contributed by atoms with Gasteiger partial charge in [-0.15, -0.1) is 0 Å². The van der Waals surface area contributed by atoms with Crippen LogP contribution in [0.2, 0.25) is 0 Å². The van der Waals surface area contributed by atoms with E-state index in [0.29, 0.717) is 6.04 Å². The van der Waals surface area contributed by atoms with E-state index in [1.165, 1.54) is 25.7 Å². The van der Waals surface area contributed by atoms with Gasteiger partial charge in [-0.3, -0.25) is 4.90 Å². The number of nitrogens with one attached hydrogen (secondary N) is 1. The van der Waals surface area contributed by atoms with Crippen molar-refractivity contribution in [3.8, 4) is 0 Å². The number of thiocarbonyl (C=S) groups is 1. The molecule has 1 N–H and O–H groups in total. The fourth-order valence-electron chi connectivity index (χ4n) is 2.75. The average Bonchev–Trinajstić information content (AvgIpc) is 2.74. The minimum absolute atomic E-state index is 0.222. The van der Waals surface area contributed by atoms with Crippen LogP contribution in [-0.4, -0.2) is 53.2 Å². The monoisotopic (exact) mass is 255 g/mol. The Morgan fingerprint density at radius 1 is 1.24 bits per heavy atom. The number of nitrogens with zero attached hydrogens (tertiary/aromatic N) is 2. The maximum atomic E-state index is 5.55. The van der Waals surface area contributed by atoms with Crippen LogP contribution in [0, 0.1) is 0 Å². The second-order valence-corrected chi connectivity index (χ2v) is 6.47. The van der Waals surface area contributed by atoms with Crippen LogP contribution < -0.4 is 5.32 Å². The van der Waals surface area contributed by atoms with Gasteiger partial charge in [-0.05, 0) is 46.0 Å². The average molecular weight is 255 g/mol. The summed E-state index contributed by atoms with van der Waals surface area (Å²) in [6.45, 7) is 7.76. The van der Waals surface area contributed by atoms with Crippen molar-refractivity contribution in [1.29, 1.82) is 0 Å². The Kier molecular flexibility index (Phi) is 3.93. The van der Waals surface area contributed by atoms with Crippen molar-refractivity contribution in [3.63, 3.8) is 0 Å². The molecule has 3 nitrogen and oxygen atoms in total. The van der Waals surface area contributed by atoms with Gasteiger partial charge in [0, 0.05) is 31.2 Å². The van der Waals surface area contributed by atoms with Crippen LogP contribution in [0.3, 0.4) is 0 Å². The van der Waals surface area contributed by atoms with Crippen LogP contribution in [0.5, 0.6) is 0 Å². The summed E-state index contributed by atoms with van der Waals surface area (Å²) in [5.74, 6) is 0. The number of piperazine rings is 1. The predicted octanol–water partition coefficient (Wildman–Crippen LogP) is 1.83. The van der Waals surface area contributed by atoms with Crippen LogP contribution in [-0.2, 0) is 0 Å². The second kappa shape index (κ2) is 5.11. The Labute approximate surface area is 111 Å². The molecule has 1 saturated heterocycles. The van der Waals surface area contributed by atoms with Gasteiger partial charge in [0.1, 0.15) is 0 Å². The molecule has 0 atom stereocenters. The zero-order valence-electron chi connectivity index (χ0n) is 11.3. The number of likely N-dealkylation sites (N-methyl/N-ethyl adjacent to an activating group) is 1. The Bertz CT molecular complexity index is 284. The first-order valence-corrected chi connectivity index (χ1v) is 7.16. The van der Waals surface area contributed by atoms with Crippen molar-refractivity contribution in [2.24, 2.45) is 0 Å². The van der Waals surface area contributed by atoms with E-state index in [1.54, 1.807) is 0 Å². The van der Waals surface area contributed by atoms with E-state index >= 15 is 0 Å². The van der Waals surface area contributed by atoms with Crippen molar-refractivity contribution < 1.29 is 0 Å². The predicted molar refractivity (Wildman–Crippen MR) is 76.3 cm³/mol. The van der Waals surface area contributed by atoms with Crippen molar-refractivity contribution in [3.05, 3.63) is 0 Å². The molecule has 0 amide bonds. The first-order valence-electron chi connectivity index (χ1n) is 6.76. The van der Waals surface area contributed by atoms with E-state index in [9.17, 15) is 0 Å². The summed E-state index contributed by atoms with van der Waals surface area (Å²) < 4.78 is 0. The molecule has 0 unspecified atom stereocenters. The molecule has 0 aromatic rings. The zero-order chi connectivity index (χ0) is 12.5. The van der Waals surface area contributed by atoms with Crippen LogP contribution in [0.25, 0.3) is 0 Å². The van der Waals surface area contributed by atoms with Crippen molar-refractivity contribution >= 4 is 17.3 Å². The second-order valence-electron chi connectivity index (χ2n) is 6.09. The summed E-state index contributed by atoms with van der Waals surface area (Å²) in [6.07, 6.45) is 5.29. The fraction of sp³-hybridized carbons (Fsp3) is 0.923. The van der Waals surface area contributed by atoms with Gasteiger partial charge in [0.2, 0.25) is 0 Å². The molecule has 4 heteroatoms. The van der Waals surface area contributed by atoms with E-state index in [0.717, 1.165) is 24.7 Å². The topological polar surface area (TPSA) is 18.5 Å². The van der Waals surface area contributed by atoms with Crippen LogP contribution >= 0.6 is 12.2 Å². The van der Waals surface area contributed by atoms with E-state index in [2.05, 4.69) is 36.0 Å². The lowest BCUT2D eigenvalue weighted by molar-refractivity contribution is 0.0737. The van der Waals surface area contributed by atoms with E-state index in [1.807, 2.05) is 0 Å². The van der Waals surface area contributed by atoms with E-state index < -0.39 is 0 Å². The standard InChI is InChI=1S/C13H25N3S/c1-13(2)10-16(9-8-15(13)3)12(17)14-11-6-4-5-7-11/h11H,4-10H2,1-3H3,(H,14,17). The quantitative estimate of drug-likeness (QED) is 0.720. The highest BCUT2D eigenvalue weighted by Crippen LogP contribution is 2.21. The molecule has 0 aromatic carbocycles. The van der Waals surface area contributed by atoms with Crippen LogP contribution in [0.1, 0.15) is 39.5 Å². The molecule has 0 radical (unpaired) electrons. The van der Waals surface area contributed by atoms with Crippen LogP contribution in [0.4, 0.5) is 0 Å². The smallest absolute Gasteiger partial charge is 0.169 e. The molecule has 2 rings (SSSR count). The SMILES string of the molecule is CN1CCN(C(=S)NC2CCCC2)CC1(C)C. The Balaban J connectivity index is 1.87. The fourth-order valence-corrected chi connectivity index (χ4v) is 3.07. The van der Waals surface area contributed by atoms with Gasteiger partial charge in [-0.2, -0.15) is 0 Å². The largest absolute Gasteiger partial charge is 0.360 e. The van der Waals surface area contributed by atoms with Crippen molar-refractivity contribution in [2.75, 3.05) is 26.7 Å². The molecule has 1 saturated carbocycles. The molecule has 98 valence electrons. The van der Waals surface area contributed by atoms with Gasteiger partial charge in [-0.25, -0.2) is 0 Å². The maximum absolute atomic E-state index is 5.55. The van der Waals surface area contributed by atoms with Gasteiger partial charge in [-0.1, -0.05) is 12.8 Å². The normalized spacial score (nSPS) is 26.2. The molecule has 1 heterocycles. The minimum atomic E-state index is 0.222. The van der Waals surface area contributed by atoms with Crippen molar-refractivity contribution in [1.82, 2.24) is 15.1 Å². The van der Waals surface area contributed by atoms with Crippen LogP contribution in [0.15, 0.2) is 0 Å². The lowest BCUT2D eigenvalue weighted by Crippen LogP contribution is -2.60. The summed E-state index contributed by atoms with van der Waals surface area (Å²) in [4.78, 5) is 4.76. The van der Waals surface area contributed by atoms with Gasteiger partial charge >= 0.3 is 0 Å². The highest BCUT2D eigenvalue weighted by atomic mass is 32.1. The lowest BCUT2D eigenvalue weighted by atomic mass is 10.0. The summed E-state index contributed by atoms with van der Waals surface area (Å²) in [7, 11) is 2.20. The van der Waals surface area contributed by atoms with E-state index in [-0.39, 0.29) is 5.54 Å². The summed E-state index contributed by atoms with van der Waals surface area (Å²) in [5.41, 5.74) is 0.222. The van der Waals surface area contributed by atoms with E-state index in [4.69, 9.17) is 12.2 Å². The van der Waals surface area contributed by atoms with Crippen molar-refractivity contribution in [2.45, 2.75) is 51.1 Å². The maximum Gasteiger partial charge on any atom is 0.169 e. The third kappa shape index (κ3) is 3.10. The summed E-state index contributed by atoms with van der Waals surface area (Å²) in [6, 6.07) is 0.630. The Hall–Kier alpha value is -0.350. The molecular weight excluding hydrogens is 230 g/mol. The number of hydrogen-bond donors (Lipinski definition) is 1. The Morgan fingerprint density at radius 2 is 1.88 bits per heavy atom. The first kappa shape index (κ1) is 13.1. The third-order valence-electron chi connectivity index (χ3n) is 4.29. The highest BCUT2D eigenvalue weighted by molar-refractivity contribution is 7.80. The molecule has 1 aliphatic carbocycles. The Morgan fingerprint density at radius 3 is 2.47 bits per heavy atom. The molecule has 0 spiro atoms. The lowest BCUT2D eigenvalue weighted by Gasteiger charge is -2.46. The molecule has 17 heavy (non-hydrogen) atoms. The third-order valence-corrected chi connectivity index (χ3v) is 4.66. The van der Waals surface area contributed by atoms with Gasteiger partial charge in [0.15, 0.2) is 5.11 Å². The zero-order valence-corrected chi connectivity index (χ0v) is 12.1. The molecular formula is C13H25N3S. The minimum Gasteiger partial charge on any atom is -0.360 e.